The van der Waals surface area contributed by atoms with E-state index in [1.54, 1.807) is 0 Å². The zero-order chi connectivity index (χ0) is 19.8. The molecule has 0 bridgehead atoms. The number of anilines is 1. The minimum absolute atomic E-state index is 0.0543. The third kappa shape index (κ3) is 8.92. The van der Waals surface area contributed by atoms with E-state index >= 15 is 0 Å². The zero-order valence-corrected chi connectivity index (χ0v) is 16.6. The van der Waals surface area contributed by atoms with Crippen LogP contribution in [0.4, 0.5) is 14.6 Å². The normalized spacial score (nSPS) is 15.2. The number of nitrogens with one attached hydrogen (secondary N) is 1. The van der Waals surface area contributed by atoms with Crippen LogP contribution in [0.5, 0.6) is 0 Å². The highest BCUT2D eigenvalue weighted by Crippen LogP contribution is 2.29. The third-order valence-corrected chi connectivity index (χ3v) is 4.30. The Bertz CT molecular complexity index is 744. The summed E-state index contributed by atoms with van der Waals surface area (Å²) in [6.45, 7) is 1.68. The largest absolute Gasteiger partial charge is 0.367 e. The van der Waals surface area contributed by atoms with Crippen LogP contribution in [0.2, 0.25) is 15.7 Å². The standard InChI is InChI=1S/C8H9ClFN3.C4HCl2FN2.C4H9N/c9-8-12-4-6(10)7(13-8)11-3-5-1-2-5;5-3-2(7)1-8-4(6)9-3;5-3-4-1-2-4/h4-5H,1-3H2,(H,11,12,13);1H;4H,1-3,5H2. The molecule has 6 nitrogen and oxygen atoms in total. The molecule has 0 aliphatic heterocycles. The average Bonchev–Trinajstić information content (AvgIpc) is 3.54. The van der Waals surface area contributed by atoms with Gasteiger partial charge in [0.25, 0.3) is 0 Å². The van der Waals surface area contributed by atoms with Gasteiger partial charge in [-0.1, -0.05) is 11.6 Å². The summed E-state index contributed by atoms with van der Waals surface area (Å²) in [6.07, 6.45) is 7.19. The van der Waals surface area contributed by atoms with Crippen molar-refractivity contribution in [3.05, 3.63) is 39.7 Å². The Morgan fingerprint density at radius 3 is 1.93 bits per heavy atom. The number of halogens is 5. The minimum Gasteiger partial charge on any atom is -0.367 e. The van der Waals surface area contributed by atoms with Gasteiger partial charge in [-0.15, -0.1) is 0 Å². The quantitative estimate of drug-likeness (QED) is 0.543. The van der Waals surface area contributed by atoms with E-state index in [2.05, 4.69) is 25.3 Å². The smallest absolute Gasteiger partial charge is 0.224 e. The van der Waals surface area contributed by atoms with Crippen molar-refractivity contribution < 1.29 is 8.78 Å². The molecule has 27 heavy (non-hydrogen) atoms. The molecule has 148 valence electrons. The molecule has 0 spiro atoms. The fourth-order valence-corrected chi connectivity index (χ4v) is 2.15. The van der Waals surface area contributed by atoms with E-state index in [1.807, 2.05) is 0 Å². The van der Waals surface area contributed by atoms with E-state index in [-0.39, 0.29) is 21.5 Å². The summed E-state index contributed by atoms with van der Waals surface area (Å²) < 4.78 is 25.2. The van der Waals surface area contributed by atoms with Gasteiger partial charge < -0.3 is 11.1 Å². The molecule has 0 saturated heterocycles. The molecule has 2 aliphatic carbocycles. The highest BCUT2D eigenvalue weighted by Gasteiger charge is 2.21. The fourth-order valence-electron chi connectivity index (χ4n) is 1.71. The van der Waals surface area contributed by atoms with E-state index < -0.39 is 11.6 Å². The predicted molar refractivity (Wildman–Crippen MR) is 102 cm³/mol. The molecule has 2 heterocycles. The molecule has 2 aromatic rings. The summed E-state index contributed by atoms with van der Waals surface area (Å²) >= 11 is 16.0. The lowest BCUT2D eigenvalue weighted by molar-refractivity contribution is 0.614. The molecule has 2 fully saturated rings. The predicted octanol–water partition coefficient (Wildman–Crippen LogP) is 4.37. The Labute approximate surface area is 170 Å². The highest BCUT2D eigenvalue weighted by molar-refractivity contribution is 6.31. The molecule has 11 heteroatoms. The summed E-state index contributed by atoms with van der Waals surface area (Å²) in [4.78, 5) is 13.9. The van der Waals surface area contributed by atoms with Crippen molar-refractivity contribution in [2.45, 2.75) is 25.7 Å². The van der Waals surface area contributed by atoms with Gasteiger partial charge in [0.15, 0.2) is 22.6 Å². The molecule has 3 N–H and O–H groups in total. The number of aromatic nitrogens is 4. The fraction of sp³-hybridized carbons (Fsp3) is 0.500. The topological polar surface area (TPSA) is 89.6 Å². The molecule has 2 aliphatic rings. The van der Waals surface area contributed by atoms with Crippen molar-refractivity contribution in [2.24, 2.45) is 17.6 Å². The molecule has 0 radical (unpaired) electrons. The zero-order valence-electron chi connectivity index (χ0n) is 14.3. The summed E-state index contributed by atoms with van der Waals surface area (Å²) in [5.74, 6) is 0.668. The van der Waals surface area contributed by atoms with Gasteiger partial charge in [0.05, 0.1) is 12.4 Å². The molecule has 4 rings (SSSR count). The van der Waals surface area contributed by atoms with Crippen LogP contribution in [0, 0.1) is 23.5 Å². The first-order valence-electron chi connectivity index (χ1n) is 8.34. The molecule has 0 atom stereocenters. The van der Waals surface area contributed by atoms with Crippen LogP contribution in [-0.2, 0) is 0 Å². The van der Waals surface area contributed by atoms with Crippen LogP contribution < -0.4 is 11.1 Å². The van der Waals surface area contributed by atoms with Crippen molar-refractivity contribution in [3.63, 3.8) is 0 Å². The van der Waals surface area contributed by atoms with E-state index in [4.69, 9.17) is 40.5 Å². The Morgan fingerprint density at radius 1 is 0.926 bits per heavy atom. The van der Waals surface area contributed by atoms with Gasteiger partial charge in [-0.2, -0.15) is 4.98 Å². The SMILES string of the molecule is Fc1cnc(Cl)nc1Cl.Fc1cnc(Cl)nc1NCC1CC1.NCC1CC1. The maximum atomic E-state index is 13.0. The molecule has 0 aromatic carbocycles. The van der Waals surface area contributed by atoms with E-state index in [1.165, 1.54) is 25.7 Å². The van der Waals surface area contributed by atoms with Crippen LogP contribution in [0.25, 0.3) is 0 Å². The van der Waals surface area contributed by atoms with Crippen molar-refractivity contribution in [3.8, 4) is 0 Å². The summed E-state index contributed by atoms with van der Waals surface area (Å²) in [5.41, 5.74) is 5.23. The second-order valence-electron chi connectivity index (χ2n) is 6.12. The first-order valence-corrected chi connectivity index (χ1v) is 9.48. The Balaban J connectivity index is 0.000000161. The minimum atomic E-state index is -0.666. The van der Waals surface area contributed by atoms with Crippen LogP contribution >= 0.6 is 34.8 Å². The van der Waals surface area contributed by atoms with E-state index in [0.29, 0.717) is 5.92 Å². The van der Waals surface area contributed by atoms with E-state index in [0.717, 1.165) is 31.4 Å². The van der Waals surface area contributed by atoms with Gasteiger partial charge in [-0.3, -0.25) is 0 Å². The van der Waals surface area contributed by atoms with Gasteiger partial charge >= 0.3 is 0 Å². The molecular formula is C16H19Cl3F2N6. The average molecular weight is 440 g/mol. The lowest BCUT2D eigenvalue weighted by Crippen LogP contribution is -2.07. The monoisotopic (exact) mass is 438 g/mol. The molecular weight excluding hydrogens is 421 g/mol. The summed E-state index contributed by atoms with van der Waals surface area (Å²) in [5, 5.41) is 2.67. The number of nitrogens with two attached hydrogens (primary N) is 1. The van der Waals surface area contributed by atoms with Gasteiger partial charge in [0.2, 0.25) is 10.6 Å². The molecule has 0 unspecified atom stereocenters. The Hall–Kier alpha value is -1.35. The van der Waals surface area contributed by atoms with Crippen LogP contribution in [0.15, 0.2) is 12.4 Å². The third-order valence-electron chi connectivity index (χ3n) is 3.67. The summed E-state index contributed by atoms with van der Waals surface area (Å²) in [6, 6.07) is 0. The van der Waals surface area contributed by atoms with Crippen LogP contribution in [-0.4, -0.2) is 33.0 Å². The van der Waals surface area contributed by atoms with Crippen molar-refractivity contribution in [1.82, 2.24) is 19.9 Å². The Morgan fingerprint density at radius 2 is 1.48 bits per heavy atom. The first-order chi connectivity index (χ1) is 12.9. The van der Waals surface area contributed by atoms with Crippen molar-refractivity contribution in [1.29, 1.82) is 0 Å². The summed E-state index contributed by atoms with van der Waals surface area (Å²) in [7, 11) is 0. The maximum absolute atomic E-state index is 13.0. The van der Waals surface area contributed by atoms with Crippen LogP contribution in [0.1, 0.15) is 25.7 Å². The first kappa shape index (κ1) is 21.9. The second kappa shape index (κ2) is 10.8. The number of nitrogens with zero attached hydrogens (tertiary/aromatic N) is 4. The Kier molecular flexibility index (Phi) is 8.82. The number of rotatable bonds is 4. The van der Waals surface area contributed by atoms with Crippen molar-refractivity contribution >= 4 is 40.6 Å². The van der Waals surface area contributed by atoms with Gasteiger partial charge in [0.1, 0.15) is 0 Å². The number of hydrogen-bond donors (Lipinski definition) is 2. The lowest BCUT2D eigenvalue weighted by Gasteiger charge is -2.04. The molecule has 2 aromatic heterocycles. The van der Waals surface area contributed by atoms with Crippen molar-refractivity contribution in [2.75, 3.05) is 18.4 Å². The van der Waals surface area contributed by atoms with Gasteiger partial charge in [-0.25, -0.2) is 23.7 Å². The highest BCUT2D eigenvalue weighted by atomic mass is 35.5. The maximum Gasteiger partial charge on any atom is 0.224 e. The number of hydrogen-bond acceptors (Lipinski definition) is 6. The molecule has 2 saturated carbocycles. The molecule has 0 amide bonds. The van der Waals surface area contributed by atoms with Crippen LogP contribution in [0.3, 0.4) is 0 Å². The van der Waals surface area contributed by atoms with Gasteiger partial charge in [-0.05, 0) is 67.3 Å². The lowest BCUT2D eigenvalue weighted by atomic mass is 10.4. The second-order valence-corrected chi connectivity index (χ2v) is 7.15. The van der Waals surface area contributed by atoms with E-state index in [9.17, 15) is 8.78 Å². The van der Waals surface area contributed by atoms with Gasteiger partial charge in [0, 0.05) is 6.54 Å².